The molecule has 8 heteroatoms. The highest BCUT2D eigenvalue weighted by atomic mass is 16.5. The number of carbonyl (C=O) groups excluding carboxylic acids is 1. The fourth-order valence-corrected chi connectivity index (χ4v) is 4.29. The van der Waals surface area contributed by atoms with Gasteiger partial charge in [0, 0.05) is 32.2 Å². The molecule has 3 aromatic carbocycles. The molecule has 2 heterocycles. The van der Waals surface area contributed by atoms with Crippen molar-refractivity contribution in [2.75, 3.05) is 31.5 Å². The summed E-state index contributed by atoms with van der Waals surface area (Å²) in [5.74, 6) is 0.00239. The Bertz CT molecular complexity index is 1200. The maximum Gasteiger partial charge on any atom is 0.324 e. The van der Waals surface area contributed by atoms with Gasteiger partial charge in [0.15, 0.2) is 0 Å². The van der Waals surface area contributed by atoms with Crippen molar-refractivity contribution in [2.45, 2.75) is 6.04 Å². The van der Waals surface area contributed by atoms with Crippen molar-refractivity contribution in [1.29, 1.82) is 0 Å². The number of urea groups is 1. The van der Waals surface area contributed by atoms with Gasteiger partial charge in [-0.15, -0.1) is 0 Å². The SMILES string of the molecule is O=C(Nc1nc2ccccc2[n+]([O-])n1)N1CCN(C(c2ccccc2)c2ccccc2)CC1. The van der Waals surface area contributed by atoms with E-state index in [4.69, 9.17) is 0 Å². The molecule has 1 fully saturated rings. The Morgan fingerprint density at radius 2 is 1.42 bits per heavy atom. The second kappa shape index (κ2) is 9.22. The van der Waals surface area contributed by atoms with Crippen LogP contribution in [0, 0.1) is 5.21 Å². The van der Waals surface area contributed by atoms with E-state index >= 15 is 0 Å². The van der Waals surface area contributed by atoms with Crippen molar-refractivity contribution in [3.05, 3.63) is 101 Å². The van der Waals surface area contributed by atoms with Gasteiger partial charge in [0.25, 0.3) is 11.5 Å². The molecular formula is C25H24N6O2. The lowest BCUT2D eigenvalue weighted by Gasteiger charge is -2.39. The summed E-state index contributed by atoms with van der Waals surface area (Å²) < 4.78 is 0. The van der Waals surface area contributed by atoms with Gasteiger partial charge in [0.2, 0.25) is 0 Å². The third-order valence-electron chi connectivity index (χ3n) is 5.92. The summed E-state index contributed by atoms with van der Waals surface area (Å²) in [5.41, 5.74) is 3.30. The van der Waals surface area contributed by atoms with Gasteiger partial charge in [-0.1, -0.05) is 72.8 Å². The minimum absolute atomic E-state index is 0.00239. The third kappa shape index (κ3) is 4.47. The highest BCUT2D eigenvalue weighted by Crippen LogP contribution is 2.29. The van der Waals surface area contributed by atoms with Gasteiger partial charge in [-0.05, 0) is 22.0 Å². The lowest BCUT2D eigenvalue weighted by Crippen LogP contribution is -2.51. The molecule has 33 heavy (non-hydrogen) atoms. The molecule has 0 unspecified atom stereocenters. The molecule has 1 aromatic heterocycles. The molecule has 2 amide bonds. The Kier molecular flexibility index (Phi) is 5.82. The van der Waals surface area contributed by atoms with Gasteiger partial charge in [-0.25, -0.2) is 9.78 Å². The Balaban J connectivity index is 1.28. The average Bonchev–Trinajstić information content (AvgIpc) is 2.86. The third-order valence-corrected chi connectivity index (χ3v) is 5.92. The van der Waals surface area contributed by atoms with Crippen LogP contribution < -0.4 is 10.2 Å². The number of aromatic nitrogens is 3. The predicted molar refractivity (Wildman–Crippen MR) is 125 cm³/mol. The van der Waals surface area contributed by atoms with Crippen LogP contribution in [0.1, 0.15) is 17.2 Å². The topological polar surface area (TPSA) is 88.3 Å². The summed E-state index contributed by atoms with van der Waals surface area (Å²) in [6, 6.07) is 27.6. The Hall–Kier alpha value is -4.04. The molecule has 1 aliphatic heterocycles. The normalized spacial score (nSPS) is 14.5. The first kappa shape index (κ1) is 20.8. The molecule has 1 saturated heterocycles. The predicted octanol–water partition coefficient (Wildman–Crippen LogP) is 3.20. The van der Waals surface area contributed by atoms with E-state index in [1.807, 2.05) is 12.1 Å². The minimum atomic E-state index is -0.305. The van der Waals surface area contributed by atoms with Crippen molar-refractivity contribution in [1.82, 2.24) is 19.9 Å². The second-order valence-electron chi connectivity index (χ2n) is 7.97. The molecule has 1 aliphatic rings. The molecule has 8 nitrogen and oxygen atoms in total. The quantitative estimate of drug-likeness (QED) is 0.389. The molecule has 1 N–H and O–H groups in total. The zero-order valence-electron chi connectivity index (χ0n) is 18.0. The first-order valence-corrected chi connectivity index (χ1v) is 11.0. The number of para-hydroxylation sites is 2. The van der Waals surface area contributed by atoms with E-state index < -0.39 is 0 Å². The van der Waals surface area contributed by atoms with Crippen molar-refractivity contribution in [3.63, 3.8) is 0 Å². The minimum Gasteiger partial charge on any atom is -0.594 e. The van der Waals surface area contributed by atoms with Crippen LogP contribution in [0.25, 0.3) is 11.0 Å². The van der Waals surface area contributed by atoms with E-state index in [1.54, 1.807) is 29.2 Å². The molecule has 166 valence electrons. The molecule has 0 aliphatic carbocycles. The summed E-state index contributed by atoms with van der Waals surface area (Å²) in [4.78, 5) is 21.7. The monoisotopic (exact) mass is 440 g/mol. The fourth-order valence-electron chi connectivity index (χ4n) is 4.29. The van der Waals surface area contributed by atoms with Gasteiger partial charge in [0.05, 0.1) is 11.1 Å². The van der Waals surface area contributed by atoms with Crippen LogP contribution in [0.4, 0.5) is 10.7 Å². The first-order chi connectivity index (χ1) is 16.2. The maximum atomic E-state index is 12.8. The molecule has 4 aromatic rings. The maximum absolute atomic E-state index is 12.8. The molecule has 0 radical (unpaired) electrons. The number of hydrogen-bond acceptors (Lipinski definition) is 5. The number of benzene rings is 3. The molecule has 0 spiro atoms. The highest BCUT2D eigenvalue weighted by Gasteiger charge is 2.28. The van der Waals surface area contributed by atoms with Gasteiger partial charge in [0.1, 0.15) is 5.52 Å². The van der Waals surface area contributed by atoms with Crippen LogP contribution in [0.3, 0.4) is 0 Å². The number of nitrogens with one attached hydrogen (secondary N) is 1. The van der Waals surface area contributed by atoms with Crippen molar-refractivity contribution in [3.8, 4) is 0 Å². The van der Waals surface area contributed by atoms with E-state index in [2.05, 4.69) is 68.8 Å². The molecule has 0 saturated carbocycles. The number of fused-ring (bicyclic) bond motifs is 1. The van der Waals surface area contributed by atoms with E-state index in [1.165, 1.54) is 11.1 Å². The number of anilines is 1. The van der Waals surface area contributed by atoms with Crippen LogP contribution in [0.5, 0.6) is 0 Å². The van der Waals surface area contributed by atoms with E-state index in [0.29, 0.717) is 29.0 Å². The van der Waals surface area contributed by atoms with Crippen molar-refractivity contribution >= 4 is 23.0 Å². The van der Waals surface area contributed by atoms with E-state index in [-0.39, 0.29) is 18.0 Å². The van der Waals surface area contributed by atoms with Gasteiger partial charge >= 0.3 is 6.03 Å². The van der Waals surface area contributed by atoms with Crippen molar-refractivity contribution in [2.24, 2.45) is 0 Å². The second-order valence-corrected chi connectivity index (χ2v) is 7.97. The van der Waals surface area contributed by atoms with Crippen LogP contribution in [0.15, 0.2) is 84.9 Å². The number of nitrogens with zero attached hydrogens (tertiary/aromatic N) is 5. The zero-order chi connectivity index (χ0) is 22.6. The number of carbonyl (C=O) groups is 1. The van der Waals surface area contributed by atoms with Crippen LogP contribution in [-0.2, 0) is 0 Å². The first-order valence-electron chi connectivity index (χ1n) is 11.0. The smallest absolute Gasteiger partial charge is 0.324 e. The number of rotatable bonds is 4. The molecular weight excluding hydrogens is 416 g/mol. The van der Waals surface area contributed by atoms with Gasteiger partial charge < -0.3 is 10.1 Å². The van der Waals surface area contributed by atoms with Crippen LogP contribution in [0.2, 0.25) is 0 Å². The van der Waals surface area contributed by atoms with Gasteiger partial charge in [-0.3, -0.25) is 10.2 Å². The Morgan fingerprint density at radius 3 is 2.06 bits per heavy atom. The van der Waals surface area contributed by atoms with E-state index in [0.717, 1.165) is 13.1 Å². The van der Waals surface area contributed by atoms with Crippen molar-refractivity contribution < 1.29 is 9.64 Å². The molecule has 5 rings (SSSR count). The Labute approximate surface area is 191 Å². The summed E-state index contributed by atoms with van der Waals surface area (Å²) in [6.07, 6.45) is 0. The van der Waals surface area contributed by atoms with E-state index in [9.17, 15) is 10.0 Å². The fraction of sp³-hybridized carbons (Fsp3) is 0.200. The molecule has 0 atom stereocenters. The van der Waals surface area contributed by atoms with Gasteiger partial charge in [-0.2, -0.15) is 0 Å². The summed E-state index contributed by atoms with van der Waals surface area (Å²) in [6.45, 7) is 2.57. The number of piperazine rings is 1. The Morgan fingerprint density at radius 1 is 0.848 bits per heavy atom. The summed E-state index contributed by atoms with van der Waals surface area (Å²) in [7, 11) is 0. The lowest BCUT2D eigenvalue weighted by atomic mass is 9.96. The average molecular weight is 441 g/mol. The number of hydrogen-bond donors (Lipinski definition) is 1. The lowest BCUT2D eigenvalue weighted by molar-refractivity contribution is -0.641. The summed E-state index contributed by atoms with van der Waals surface area (Å²) in [5, 5.41) is 18.7. The number of amides is 2. The molecule has 0 bridgehead atoms. The van der Waals surface area contributed by atoms with Crippen LogP contribution >= 0.6 is 0 Å². The standard InChI is InChI=1S/C25H24N6O2/c32-25(27-24-26-21-13-7-8-14-22(21)31(33)28-24)30-17-15-29(16-18-30)23(19-9-3-1-4-10-19)20-11-5-2-6-12-20/h1-14,23H,15-18H2,(H,26,27,28,32). The zero-order valence-corrected chi connectivity index (χ0v) is 18.0. The summed E-state index contributed by atoms with van der Waals surface area (Å²) >= 11 is 0. The highest BCUT2D eigenvalue weighted by molar-refractivity contribution is 5.88. The van der Waals surface area contributed by atoms with Crippen LogP contribution in [-0.4, -0.2) is 52.1 Å². The largest absolute Gasteiger partial charge is 0.594 e.